The van der Waals surface area contributed by atoms with E-state index >= 15 is 0 Å². The van der Waals surface area contributed by atoms with Crippen molar-refractivity contribution in [3.63, 3.8) is 0 Å². The van der Waals surface area contributed by atoms with Crippen LogP contribution in [0.25, 0.3) is 0 Å². The van der Waals surface area contributed by atoms with Gasteiger partial charge in [0.1, 0.15) is 6.04 Å². The van der Waals surface area contributed by atoms with Crippen molar-refractivity contribution >= 4 is 17.2 Å². The Morgan fingerprint density at radius 2 is 2.13 bits per heavy atom. The van der Waals surface area contributed by atoms with Gasteiger partial charge in [-0.15, -0.1) is 0 Å². The van der Waals surface area contributed by atoms with Gasteiger partial charge >= 0.3 is 0 Å². The monoisotopic (exact) mass is 224 g/mol. The van der Waals surface area contributed by atoms with Gasteiger partial charge in [0, 0.05) is 6.04 Å². The van der Waals surface area contributed by atoms with E-state index in [1.165, 1.54) is 0 Å². The zero-order chi connectivity index (χ0) is 11.4. The van der Waals surface area contributed by atoms with E-state index in [-0.39, 0.29) is 6.04 Å². The zero-order valence-corrected chi connectivity index (χ0v) is 10.7. The molecule has 0 aromatic rings. The Bertz CT molecular complexity index is 265. The second-order valence-corrected chi connectivity index (χ2v) is 4.81. The molecular weight excluding hydrogens is 204 g/mol. The number of nitrogens with zero attached hydrogens (tertiary/aromatic N) is 2. The molecule has 0 amide bonds. The summed E-state index contributed by atoms with van der Waals surface area (Å²) >= 11 is 5.35. The van der Waals surface area contributed by atoms with Gasteiger partial charge in [-0.05, 0) is 25.7 Å². The highest BCUT2D eigenvalue weighted by molar-refractivity contribution is 7.80. The van der Waals surface area contributed by atoms with Gasteiger partial charge in [-0.2, -0.15) is 5.26 Å². The molecule has 2 atom stereocenters. The van der Waals surface area contributed by atoms with Crippen molar-refractivity contribution in [1.29, 1.82) is 5.26 Å². The molecule has 0 aromatic carbocycles. The molecular formula is C12H20N2S. The van der Waals surface area contributed by atoms with Crippen LogP contribution in [0.3, 0.4) is 0 Å². The molecule has 2 unspecified atom stereocenters. The van der Waals surface area contributed by atoms with Crippen molar-refractivity contribution in [3.8, 4) is 6.07 Å². The molecule has 84 valence electrons. The Hall–Kier alpha value is -0.620. The molecule has 1 rings (SSSR count). The van der Waals surface area contributed by atoms with E-state index in [4.69, 9.17) is 12.2 Å². The first-order chi connectivity index (χ1) is 7.15. The van der Waals surface area contributed by atoms with Crippen LogP contribution in [0, 0.1) is 17.2 Å². The first-order valence-corrected chi connectivity index (χ1v) is 6.27. The molecule has 0 aromatic heterocycles. The second kappa shape index (κ2) is 5.46. The normalized spacial score (nSPS) is 23.3. The molecule has 1 aliphatic heterocycles. The highest BCUT2D eigenvalue weighted by Crippen LogP contribution is 2.28. The summed E-state index contributed by atoms with van der Waals surface area (Å²) in [6.45, 7) is 6.48. The predicted octanol–water partition coefficient (Wildman–Crippen LogP) is 3.13. The molecule has 3 heteroatoms. The first-order valence-electron chi connectivity index (χ1n) is 5.86. The molecule has 0 spiro atoms. The molecule has 1 aliphatic rings. The smallest absolute Gasteiger partial charge is 0.120 e. The summed E-state index contributed by atoms with van der Waals surface area (Å²) in [5.41, 5.74) is 0. The minimum Gasteiger partial charge on any atom is -0.347 e. The molecule has 1 saturated heterocycles. The molecule has 0 radical (unpaired) electrons. The molecule has 0 aliphatic carbocycles. The lowest BCUT2D eigenvalue weighted by atomic mass is 9.93. The highest BCUT2D eigenvalue weighted by atomic mass is 32.1. The molecule has 0 N–H and O–H groups in total. The Morgan fingerprint density at radius 3 is 2.47 bits per heavy atom. The van der Waals surface area contributed by atoms with Crippen LogP contribution in [0.1, 0.15) is 46.5 Å². The maximum atomic E-state index is 9.30. The van der Waals surface area contributed by atoms with Crippen LogP contribution < -0.4 is 0 Å². The Balaban J connectivity index is 2.82. The van der Waals surface area contributed by atoms with Crippen LogP contribution in [-0.2, 0) is 0 Å². The summed E-state index contributed by atoms with van der Waals surface area (Å²) in [5.74, 6) is 0.452. The van der Waals surface area contributed by atoms with E-state index in [0.717, 1.165) is 30.7 Å². The van der Waals surface area contributed by atoms with Crippen LogP contribution in [0.2, 0.25) is 0 Å². The van der Waals surface area contributed by atoms with E-state index in [9.17, 15) is 5.26 Å². The standard InChI is InChI=1S/C12H20N2S/c1-4-10(5-2)11(8-13)14-9(3)6-7-12(14)15/h9-11H,4-7H2,1-3H3. The predicted molar refractivity (Wildman–Crippen MR) is 66.6 cm³/mol. The lowest BCUT2D eigenvalue weighted by Gasteiger charge is -2.33. The zero-order valence-electron chi connectivity index (χ0n) is 9.86. The van der Waals surface area contributed by atoms with E-state index in [1.54, 1.807) is 0 Å². The van der Waals surface area contributed by atoms with E-state index in [0.29, 0.717) is 12.0 Å². The Morgan fingerprint density at radius 1 is 1.53 bits per heavy atom. The Labute approximate surface area is 98.3 Å². The van der Waals surface area contributed by atoms with E-state index < -0.39 is 0 Å². The fourth-order valence-electron chi connectivity index (χ4n) is 2.41. The Kier molecular flexibility index (Phi) is 4.53. The average Bonchev–Trinajstić information content (AvgIpc) is 2.56. The van der Waals surface area contributed by atoms with Crippen LogP contribution in [0.15, 0.2) is 0 Å². The van der Waals surface area contributed by atoms with Crippen LogP contribution in [-0.4, -0.2) is 22.0 Å². The number of hydrogen-bond donors (Lipinski definition) is 0. The highest BCUT2D eigenvalue weighted by Gasteiger charge is 2.34. The maximum Gasteiger partial charge on any atom is 0.120 e. The third-order valence-electron chi connectivity index (χ3n) is 3.47. The third kappa shape index (κ3) is 2.49. The van der Waals surface area contributed by atoms with Crippen molar-refractivity contribution in [2.45, 2.75) is 58.5 Å². The number of nitriles is 1. The van der Waals surface area contributed by atoms with Crippen LogP contribution in [0.5, 0.6) is 0 Å². The van der Waals surface area contributed by atoms with Gasteiger partial charge in [-0.1, -0.05) is 38.9 Å². The topological polar surface area (TPSA) is 27.0 Å². The lowest BCUT2D eigenvalue weighted by Crippen LogP contribution is -2.43. The van der Waals surface area contributed by atoms with Gasteiger partial charge in [0.25, 0.3) is 0 Å². The van der Waals surface area contributed by atoms with Gasteiger partial charge < -0.3 is 4.90 Å². The molecule has 1 fully saturated rings. The van der Waals surface area contributed by atoms with Gasteiger partial charge in [-0.25, -0.2) is 0 Å². The minimum absolute atomic E-state index is 0.00926. The minimum atomic E-state index is -0.00926. The molecule has 0 bridgehead atoms. The van der Waals surface area contributed by atoms with Crippen molar-refractivity contribution < 1.29 is 0 Å². The fraction of sp³-hybridized carbons (Fsp3) is 0.833. The first kappa shape index (κ1) is 12.4. The molecule has 0 saturated carbocycles. The van der Waals surface area contributed by atoms with Gasteiger partial charge in [0.05, 0.1) is 11.1 Å². The number of likely N-dealkylation sites (tertiary alicyclic amines) is 1. The van der Waals surface area contributed by atoms with Crippen molar-refractivity contribution in [2.75, 3.05) is 0 Å². The fourth-order valence-corrected chi connectivity index (χ4v) is 2.82. The maximum absolute atomic E-state index is 9.30. The average molecular weight is 224 g/mol. The molecule has 1 heterocycles. The van der Waals surface area contributed by atoms with Crippen molar-refractivity contribution in [1.82, 2.24) is 4.90 Å². The largest absolute Gasteiger partial charge is 0.347 e. The summed E-state index contributed by atoms with van der Waals surface area (Å²) in [6, 6.07) is 2.88. The number of thiocarbonyl (C=S) groups is 1. The van der Waals surface area contributed by atoms with Crippen LogP contribution in [0.4, 0.5) is 0 Å². The van der Waals surface area contributed by atoms with E-state index in [1.807, 2.05) is 0 Å². The molecule has 15 heavy (non-hydrogen) atoms. The van der Waals surface area contributed by atoms with Crippen LogP contribution >= 0.6 is 12.2 Å². The quantitative estimate of drug-likeness (QED) is 0.686. The summed E-state index contributed by atoms with van der Waals surface area (Å²) in [4.78, 5) is 3.16. The summed E-state index contributed by atoms with van der Waals surface area (Å²) in [6.07, 6.45) is 4.20. The lowest BCUT2D eigenvalue weighted by molar-refractivity contribution is 0.236. The SMILES string of the molecule is CCC(CC)C(C#N)N1C(=S)CCC1C. The van der Waals surface area contributed by atoms with Gasteiger partial charge in [0.2, 0.25) is 0 Å². The summed E-state index contributed by atoms with van der Waals surface area (Å²) < 4.78 is 0. The third-order valence-corrected chi connectivity index (χ3v) is 3.88. The summed E-state index contributed by atoms with van der Waals surface area (Å²) in [7, 11) is 0. The number of hydrogen-bond acceptors (Lipinski definition) is 2. The van der Waals surface area contributed by atoms with Crippen molar-refractivity contribution in [2.24, 2.45) is 5.92 Å². The molecule has 2 nitrogen and oxygen atoms in total. The van der Waals surface area contributed by atoms with Gasteiger partial charge in [0.15, 0.2) is 0 Å². The summed E-state index contributed by atoms with van der Waals surface area (Å²) in [5, 5.41) is 9.30. The second-order valence-electron chi connectivity index (χ2n) is 4.34. The van der Waals surface area contributed by atoms with Gasteiger partial charge in [-0.3, -0.25) is 0 Å². The van der Waals surface area contributed by atoms with E-state index in [2.05, 4.69) is 31.7 Å². The number of rotatable bonds is 4. The van der Waals surface area contributed by atoms with Crippen molar-refractivity contribution in [3.05, 3.63) is 0 Å².